The van der Waals surface area contributed by atoms with E-state index < -0.39 is 17.7 Å². The number of aliphatic hydroxyl groups is 1. The molecule has 1 atom stereocenters. The second-order valence-corrected chi connectivity index (χ2v) is 12.0. The van der Waals surface area contributed by atoms with Gasteiger partial charge < -0.3 is 14.6 Å². The monoisotopic (exact) mass is 633 g/mol. The maximum absolute atomic E-state index is 13.6. The van der Waals surface area contributed by atoms with Crippen molar-refractivity contribution in [2.45, 2.75) is 29.5 Å². The summed E-state index contributed by atoms with van der Waals surface area (Å²) in [6.45, 7) is 6.53. The number of carbonyl (C=O) groups excluding carboxylic acids is 2. The Hall–Kier alpha value is -4.12. The van der Waals surface area contributed by atoms with E-state index in [-0.39, 0.29) is 23.1 Å². The van der Waals surface area contributed by atoms with Gasteiger partial charge in [0.05, 0.1) is 18.2 Å². The average molecular weight is 634 g/mol. The summed E-state index contributed by atoms with van der Waals surface area (Å²) in [7, 11) is 0. The standard InChI is InChI=1S/C32H28ClN3O5S2/c1-3-16-40-23-14-12-20(13-15-23)28(37)26-27(21-9-7-10-24(18-21)41-17-4-2)36(30(39)29(26)38)31-34-35-32(43-31)42-19-22-8-5-6-11-25(22)33/h4-15,18,27,37H,2-3,16-17,19H2,1H3/b28-26+. The number of amides is 1. The second-order valence-electron chi connectivity index (χ2n) is 9.44. The van der Waals surface area contributed by atoms with Crippen LogP contribution in [0.3, 0.4) is 0 Å². The van der Waals surface area contributed by atoms with Crippen molar-refractivity contribution in [3.8, 4) is 11.5 Å². The second kappa shape index (κ2) is 13.9. The van der Waals surface area contributed by atoms with Crippen molar-refractivity contribution in [3.05, 3.63) is 113 Å². The molecule has 1 aromatic heterocycles. The fraction of sp³-hybridized carbons (Fsp3) is 0.188. The predicted molar refractivity (Wildman–Crippen MR) is 170 cm³/mol. The SMILES string of the molecule is C=CCOc1cccc(C2/C(=C(\O)c3ccc(OCCC)cc3)C(=O)C(=O)N2c2nnc(SCc3ccccc3Cl)s2)c1. The molecule has 1 unspecified atom stereocenters. The highest BCUT2D eigenvalue weighted by Crippen LogP contribution is 2.44. The minimum atomic E-state index is -0.974. The molecule has 0 saturated carbocycles. The number of nitrogens with zero attached hydrogens (tertiary/aromatic N) is 3. The lowest BCUT2D eigenvalue weighted by Crippen LogP contribution is -2.29. The Kier molecular flexibility index (Phi) is 9.81. The Morgan fingerprint density at radius 2 is 1.86 bits per heavy atom. The van der Waals surface area contributed by atoms with Crippen LogP contribution in [0.4, 0.5) is 5.13 Å². The lowest BCUT2D eigenvalue weighted by molar-refractivity contribution is -0.132. The van der Waals surface area contributed by atoms with Crippen LogP contribution in [0.15, 0.2) is 95.4 Å². The van der Waals surface area contributed by atoms with Crippen LogP contribution < -0.4 is 14.4 Å². The van der Waals surface area contributed by atoms with E-state index in [1.165, 1.54) is 28.0 Å². The van der Waals surface area contributed by atoms with Crippen molar-refractivity contribution in [2.24, 2.45) is 0 Å². The van der Waals surface area contributed by atoms with E-state index in [4.69, 9.17) is 21.1 Å². The van der Waals surface area contributed by atoms with Crippen molar-refractivity contribution >= 4 is 57.3 Å². The van der Waals surface area contributed by atoms with E-state index in [1.54, 1.807) is 54.6 Å². The number of hydrogen-bond donors (Lipinski definition) is 1. The van der Waals surface area contributed by atoms with Gasteiger partial charge >= 0.3 is 5.91 Å². The molecule has 11 heteroatoms. The number of aliphatic hydroxyl groups excluding tert-OH is 1. The highest BCUT2D eigenvalue weighted by Gasteiger charge is 2.48. The van der Waals surface area contributed by atoms with E-state index in [9.17, 15) is 14.7 Å². The van der Waals surface area contributed by atoms with Crippen LogP contribution in [0, 0.1) is 0 Å². The third kappa shape index (κ3) is 6.77. The summed E-state index contributed by atoms with van der Waals surface area (Å²) in [5, 5.41) is 20.9. The molecular formula is C32H28ClN3O5S2. The summed E-state index contributed by atoms with van der Waals surface area (Å²) >= 11 is 8.91. The minimum Gasteiger partial charge on any atom is -0.507 e. The van der Waals surface area contributed by atoms with Crippen LogP contribution in [-0.2, 0) is 15.3 Å². The number of rotatable bonds is 12. The van der Waals surface area contributed by atoms with Crippen LogP contribution in [0.2, 0.25) is 5.02 Å². The largest absolute Gasteiger partial charge is 0.507 e. The van der Waals surface area contributed by atoms with Gasteiger partial charge in [0.2, 0.25) is 5.13 Å². The third-order valence-electron chi connectivity index (χ3n) is 6.50. The first-order chi connectivity index (χ1) is 20.9. The lowest BCUT2D eigenvalue weighted by Gasteiger charge is -2.23. The zero-order valence-corrected chi connectivity index (χ0v) is 25.6. The first kappa shape index (κ1) is 30.3. The molecule has 0 spiro atoms. The highest BCUT2D eigenvalue weighted by atomic mass is 35.5. The Labute approximate surface area is 262 Å². The van der Waals surface area contributed by atoms with Gasteiger partial charge in [0, 0.05) is 16.3 Å². The number of anilines is 1. The maximum atomic E-state index is 13.6. The summed E-state index contributed by atoms with van der Waals surface area (Å²) < 4.78 is 12.0. The number of halogens is 1. The van der Waals surface area contributed by atoms with Gasteiger partial charge in [-0.2, -0.15) is 0 Å². The Morgan fingerprint density at radius 3 is 2.60 bits per heavy atom. The van der Waals surface area contributed by atoms with Gasteiger partial charge in [-0.25, -0.2) is 0 Å². The van der Waals surface area contributed by atoms with Crippen LogP contribution in [0.1, 0.15) is 36.1 Å². The Morgan fingerprint density at radius 1 is 1.07 bits per heavy atom. The van der Waals surface area contributed by atoms with Crippen molar-refractivity contribution in [2.75, 3.05) is 18.1 Å². The summed E-state index contributed by atoms with van der Waals surface area (Å²) in [4.78, 5) is 28.4. The first-order valence-corrected chi connectivity index (χ1v) is 15.7. The molecule has 4 aromatic rings. The Balaban J connectivity index is 1.53. The summed E-state index contributed by atoms with van der Waals surface area (Å²) in [6, 6.07) is 20.3. The molecule has 5 rings (SSSR count). The molecule has 2 heterocycles. The molecule has 0 radical (unpaired) electrons. The van der Waals surface area contributed by atoms with Gasteiger partial charge in [0.25, 0.3) is 5.78 Å². The average Bonchev–Trinajstić information content (AvgIpc) is 3.60. The maximum Gasteiger partial charge on any atom is 0.301 e. The van der Waals surface area contributed by atoms with Crippen molar-refractivity contribution in [1.82, 2.24) is 10.2 Å². The van der Waals surface area contributed by atoms with E-state index in [0.29, 0.717) is 44.3 Å². The topological polar surface area (TPSA) is 102 Å². The molecule has 43 heavy (non-hydrogen) atoms. The molecule has 1 amide bonds. The molecule has 0 aliphatic carbocycles. The van der Waals surface area contributed by atoms with Crippen LogP contribution in [0.5, 0.6) is 11.5 Å². The number of benzene rings is 3. The molecular weight excluding hydrogens is 606 g/mol. The number of ketones is 1. The van der Waals surface area contributed by atoms with Crippen LogP contribution in [-0.4, -0.2) is 40.2 Å². The van der Waals surface area contributed by atoms with Gasteiger partial charge in [-0.1, -0.05) is 84.6 Å². The van der Waals surface area contributed by atoms with Crippen LogP contribution in [0.25, 0.3) is 5.76 Å². The van der Waals surface area contributed by atoms with E-state index >= 15 is 0 Å². The predicted octanol–water partition coefficient (Wildman–Crippen LogP) is 7.46. The number of aromatic nitrogens is 2. The van der Waals surface area contributed by atoms with Crippen molar-refractivity contribution in [1.29, 1.82) is 0 Å². The van der Waals surface area contributed by atoms with Gasteiger partial charge in [-0.3, -0.25) is 14.5 Å². The van der Waals surface area contributed by atoms with Crippen molar-refractivity contribution in [3.63, 3.8) is 0 Å². The molecule has 0 bridgehead atoms. The van der Waals surface area contributed by atoms with Gasteiger partial charge in [-0.05, 0) is 60.0 Å². The van der Waals surface area contributed by atoms with Gasteiger partial charge in [0.1, 0.15) is 23.9 Å². The molecule has 1 N–H and O–H groups in total. The smallest absolute Gasteiger partial charge is 0.301 e. The molecule has 1 aliphatic heterocycles. The van der Waals surface area contributed by atoms with Crippen LogP contribution >= 0.6 is 34.7 Å². The normalized spacial score (nSPS) is 16.0. The fourth-order valence-electron chi connectivity index (χ4n) is 4.47. The molecule has 1 aliphatic rings. The number of Topliss-reactive ketones (excluding diaryl/α,β-unsaturated/α-hetero) is 1. The zero-order chi connectivity index (χ0) is 30.3. The molecule has 8 nitrogen and oxygen atoms in total. The number of hydrogen-bond acceptors (Lipinski definition) is 9. The van der Waals surface area contributed by atoms with Crippen molar-refractivity contribution < 1.29 is 24.2 Å². The van der Waals surface area contributed by atoms with Gasteiger partial charge in [0.15, 0.2) is 4.34 Å². The molecule has 3 aromatic carbocycles. The summed E-state index contributed by atoms with van der Waals surface area (Å²) in [5.41, 5.74) is 1.81. The Bertz CT molecular complexity index is 1670. The third-order valence-corrected chi connectivity index (χ3v) is 8.97. The van der Waals surface area contributed by atoms with Gasteiger partial charge in [-0.15, -0.1) is 10.2 Å². The fourth-order valence-corrected chi connectivity index (χ4v) is 6.63. The summed E-state index contributed by atoms with van der Waals surface area (Å²) in [5.74, 6) is -0.232. The molecule has 1 fully saturated rings. The van der Waals surface area contributed by atoms with E-state index in [1.807, 2.05) is 31.2 Å². The lowest BCUT2D eigenvalue weighted by atomic mass is 9.95. The summed E-state index contributed by atoms with van der Waals surface area (Å²) in [6.07, 6.45) is 2.47. The number of carbonyl (C=O) groups is 2. The first-order valence-electron chi connectivity index (χ1n) is 13.5. The quantitative estimate of drug-likeness (QED) is 0.0428. The zero-order valence-electron chi connectivity index (χ0n) is 23.2. The molecule has 220 valence electrons. The van der Waals surface area contributed by atoms with E-state index in [2.05, 4.69) is 16.8 Å². The molecule has 1 saturated heterocycles. The number of thioether (sulfide) groups is 1. The van der Waals surface area contributed by atoms with E-state index in [0.717, 1.165) is 12.0 Å². The minimum absolute atomic E-state index is 0.0615. The highest BCUT2D eigenvalue weighted by molar-refractivity contribution is 8.00. The number of ether oxygens (including phenoxy) is 2.